The van der Waals surface area contributed by atoms with Gasteiger partial charge in [0.25, 0.3) is 41.5 Å². The van der Waals surface area contributed by atoms with E-state index in [1.807, 2.05) is 55.4 Å². The number of carbonyl (C=O) groups excluding carboxylic acids is 12. The number of carboxylic acid groups (broad SMARTS) is 2. The fraction of sp³-hybridized carbons (Fsp3) is 0.474. The van der Waals surface area contributed by atoms with Crippen LogP contribution in [0.5, 0.6) is 0 Å². The molecule has 4 amide bonds. The molecule has 4 aromatic carbocycles. The molecule has 2 unspecified atom stereocenters. The van der Waals surface area contributed by atoms with Crippen LogP contribution in [0.4, 0.5) is 0 Å². The van der Waals surface area contributed by atoms with Gasteiger partial charge in [-0.1, -0.05) is 161 Å². The molecule has 0 aliphatic carbocycles. The van der Waals surface area contributed by atoms with Crippen LogP contribution in [0.3, 0.4) is 0 Å². The minimum Gasteiger partial charge on any atom is -0.718 e. The monoisotopic (exact) mass is 1830 g/mol. The number of amides is 4. The van der Waals surface area contributed by atoms with Gasteiger partial charge in [-0.05, 0) is 134 Å². The van der Waals surface area contributed by atoms with Crippen molar-refractivity contribution in [1.29, 1.82) is 0 Å². The molecule has 4 aromatic rings. The zero-order valence-electron chi connectivity index (χ0n) is 66.1. The van der Waals surface area contributed by atoms with Crippen LogP contribution >= 0.6 is 92.8 Å². The molecule has 120 heavy (non-hydrogen) atoms. The van der Waals surface area contributed by atoms with E-state index in [1.54, 1.807) is 18.2 Å². The molecule has 4 bridgehead atoms. The molecule has 8 N–H and O–H groups in total. The molecular weight excluding hydrogens is 1740 g/mol. The van der Waals surface area contributed by atoms with E-state index in [2.05, 4.69) is 30.6 Å². The molecule has 6 aliphatic heterocycles. The predicted molar refractivity (Wildman–Crippen MR) is 442 cm³/mol. The first-order chi connectivity index (χ1) is 56.3. The number of halogens is 8. The van der Waals surface area contributed by atoms with Crippen molar-refractivity contribution < 1.29 is 133 Å². The smallest absolute Gasteiger partial charge is 0.576 e. The molecule has 0 saturated carbocycles. The maximum atomic E-state index is 12.6. The third kappa shape index (κ3) is 29.4. The first-order valence-electron chi connectivity index (χ1n) is 38.1. The van der Waals surface area contributed by atoms with Gasteiger partial charge in [-0.15, -0.1) is 0 Å². The highest BCUT2D eigenvalue weighted by molar-refractivity contribution is 6.68. The normalized spacial score (nSPS) is 20.5. The SMILES string of the molecule is CC(C)C[C@H](CC(=O)CNC(=O)c1cc(Cl)ccc1Cl)B1OC(=O)C[C@@H](C(=O)O)O1.CC(C)C[C@H](CC(=O)CNC(=O)c1cc(Cl)ccc1Cl)B1OC(=O)[C@H](CC(=O)O)O1.CC(C)C[C@H](CC(=O)CNC(=O)c1cc(Cl)ccc1Cl)[B-]12OC(=O)C[C@@H](O1)C(=O)[OH+]2.CC(C)C[C@H](CC(=O)CNC(=O)c1cc(Cl)ccc1Cl)[B-]12OC(=O)[C@H](CC(=O)[OH+]1)O2. The predicted octanol–water partition coefficient (Wildman–Crippen LogP) is 10.9. The molecule has 0 aromatic heterocycles. The van der Waals surface area contributed by atoms with Crippen molar-refractivity contribution in [2.45, 2.75) is 180 Å². The van der Waals surface area contributed by atoms with Crippen molar-refractivity contribution in [1.82, 2.24) is 21.3 Å². The molecule has 44 heteroatoms. The van der Waals surface area contributed by atoms with Gasteiger partial charge in [0.15, 0.2) is 29.9 Å². The van der Waals surface area contributed by atoms with Gasteiger partial charge in [-0.2, -0.15) is 0 Å². The Labute approximate surface area is 730 Å². The molecule has 0 radical (unpaired) electrons. The quantitative estimate of drug-likeness (QED) is 0.0184. The van der Waals surface area contributed by atoms with Crippen molar-refractivity contribution in [3.63, 3.8) is 0 Å². The maximum Gasteiger partial charge on any atom is 0.576 e. The number of nitrogens with one attached hydrogen (secondary N) is 4. The maximum absolute atomic E-state index is 12.6. The van der Waals surface area contributed by atoms with Crippen molar-refractivity contribution in [2.24, 2.45) is 23.7 Å². The largest absolute Gasteiger partial charge is 0.718 e. The van der Waals surface area contributed by atoms with Crippen LogP contribution in [0.2, 0.25) is 63.5 Å². The number of hydrogen-bond acceptors (Lipinski definition) is 24. The molecule has 10 atom stereocenters. The van der Waals surface area contributed by atoms with E-state index in [9.17, 15) is 76.7 Å². The molecular formula is C76H88B4Cl8N4O28. The Balaban J connectivity index is 0.000000220. The Morgan fingerprint density at radius 2 is 0.808 bits per heavy atom. The third-order valence-corrected chi connectivity index (χ3v) is 21.3. The highest BCUT2D eigenvalue weighted by atomic mass is 35.5. The standard InChI is InChI=1S/4C19H22BCl2NO7/c2*1-10(2)5-11(20-28-16(19(27)30-20)8-17(25)29-20)6-13(24)9-23-18(26)14-7-12(21)3-4-15(14)22;1-10(2)5-11(20-29-16(19(27)28)8-17(25)30-20)6-13(24)9-23-18(26)14-7-12(21)3-4-15(14)22;1-10(2)5-11(20-29-16(8-17(25)26)19(28)30-20)6-13(24)9-23-18(27)14-7-12(21)3-4-15(14)22/h3-4,7,10-11,16,30H,5-6,8-9H2,1-2H3,(H,23,26);3-4,7,10-11,16,29H,5-6,8-9H2,1-2H3,(H,23,26);3-4,7,10-11,16H,5-6,8-9H2,1-2H3,(H,23,26)(H,27,28);3-4,7,10-11,16H,5-6,8-9H2,1-2H3,(H,23,27)(H,25,26)/t11-,16-,20?;11-,16+,20?;2*11-,16+/m1111/s1. The van der Waals surface area contributed by atoms with E-state index in [1.165, 1.54) is 54.6 Å². The van der Waals surface area contributed by atoms with Crippen LogP contribution in [0.25, 0.3) is 0 Å². The second kappa shape index (κ2) is 45.1. The number of fused-ring (bicyclic) bond motifs is 4. The summed E-state index contributed by atoms with van der Waals surface area (Å²) in [5.41, 5.74) is 0.606. The van der Waals surface area contributed by atoms with Gasteiger partial charge in [0.2, 0.25) is 0 Å². The van der Waals surface area contributed by atoms with Crippen LogP contribution in [0.1, 0.15) is 174 Å². The number of benzene rings is 4. The second-order valence-corrected chi connectivity index (χ2v) is 34.2. The van der Waals surface area contributed by atoms with Gasteiger partial charge >= 0.3 is 57.6 Å². The summed E-state index contributed by atoms with van der Waals surface area (Å²) in [6, 6.07) is 17.7. The lowest BCUT2D eigenvalue weighted by Gasteiger charge is -2.41. The zero-order chi connectivity index (χ0) is 88.9. The lowest BCUT2D eigenvalue weighted by Crippen LogP contribution is -2.55. The number of carbonyl (C=O) groups is 16. The van der Waals surface area contributed by atoms with Crippen molar-refractivity contribution in [3.8, 4) is 0 Å². The zero-order valence-corrected chi connectivity index (χ0v) is 72.1. The number of Topliss-reactive ketones (excluding diaryl/α,β-unsaturated/α-hetero) is 4. The number of hydrogen-bond donors (Lipinski definition) is 6. The first-order valence-corrected chi connectivity index (χ1v) is 41.1. The number of ketones is 4. The summed E-state index contributed by atoms with van der Waals surface area (Å²) < 4.78 is 51.2. The van der Waals surface area contributed by atoms with E-state index < -0.39 is 153 Å². The highest BCUT2D eigenvalue weighted by Crippen LogP contribution is 2.44. The van der Waals surface area contributed by atoms with Crippen LogP contribution in [0.15, 0.2) is 72.8 Å². The Kier molecular flexibility index (Phi) is 37.1. The topological polar surface area (TPSA) is 461 Å². The molecule has 6 aliphatic rings. The van der Waals surface area contributed by atoms with Crippen LogP contribution in [0, 0.1) is 23.7 Å². The number of carboxylic acids is 4. The van der Waals surface area contributed by atoms with E-state index >= 15 is 0 Å². The number of rotatable bonds is 35. The van der Waals surface area contributed by atoms with Crippen molar-refractivity contribution >= 4 is 215 Å². The van der Waals surface area contributed by atoms with E-state index in [4.69, 9.17) is 140 Å². The summed E-state index contributed by atoms with van der Waals surface area (Å²) in [5, 5.41) is 30.2. The molecule has 0 spiro atoms. The molecule has 6 heterocycles. The summed E-state index contributed by atoms with van der Waals surface area (Å²) in [7, 11) is -2.15. The summed E-state index contributed by atoms with van der Waals surface area (Å²) in [6.07, 6.45) is -3.97. The Morgan fingerprint density at radius 3 is 1.18 bits per heavy atom. The Hall–Kier alpha value is -8.38. The molecule has 648 valence electrons. The summed E-state index contributed by atoms with van der Waals surface area (Å²) >= 11 is 47.5. The van der Waals surface area contributed by atoms with Gasteiger partial charge in [-0.25, -0.2) is 4.79 Å². The van der Waals surface area contributed by atoms with Crippen LogP contribution in [-0.4, -0.2) is 192 Å². The lowest BCUT2D eigenvalue weighted by atomic mass is 9.58. The van der Waals surface area contributed by atoms with Crippen LogP contribution < -0.4 is 21.3 Å². The second-order valence-electron chi connectivity index (χ2n) is 30.8. The third-order valence-electron chi connectivity index (χ3n) is 19.0. The van der Waals surface area contributed by atoms with E-state index in [-0.39, 0.29) is 160 Å². The van der Waals surface area contributed by atoms with E-state index in [0.717, 1.165) is 0 Å². The Morgan fingerprint density at radius 1 is 0.442 bits per heavy atom. The van der Waals surface area contributed by atoms with Gasteiger partial charge in [0.05, 0.1) is 87.8 Å². The van der Waals surface area contributed by atoms with Crippen LogP contribution in [-0.2, 0) is 94.8 Å². The summed E-state index contributed by atoms with van der Waals surface area (Å²) in [6.45, 7) is 9.23. The van der Waals surface area contributed by atoms with Gasteiger partial charge in [0.1, 0.15) is 24.1 Å². The average molecular weight is 1830 g/mol. The summed E-state index contributed by atoms with van der Waals surface area (Å²) in [4.78, 5) is 193. The van der Waals surface area contributed by atoms with Gasteiger partial charge < -0.3 is 78.0 Å². The Bertz CT molecular complexity index is 4420. The average Bonchev–Trinajstić information content (AvgIpc) is 1.61. The summed E-state index contributed by atoms with van der Waals surface area (Å²) in [5.74, 6) is -11.2. The molecule has 32 nitrogen and oxygen atoms in total. The molecule has 6 fully saturated rings. The minimum absolute atomic E-state index is 0.0144. The van der Waals surface area contributed by atoms with E-state index in [0.29, 0.717) is 45.8 Å². The molecule has 10 rings (SSSR count). The highest BCUT2D eigenvalue weighted by Gasteiger charge is 2.63. The number of aliphatic carboxylic acids is 4. The lowest BCUT2D eigenvalue weighted by molar-refractivity contribution is -0.161. The van der Waals surface area contributed by atoms with Crippen molar-refractivity contribution in [3.05, 3.63) is 135 Å². The minimum atomic E-state index is -2.58. The molecule has 6 saturated heterocycles. The fourth-order valence-electron chi connectivity index (χ4n) is 13.9. The fourth-order valence-corrected chi connectivity index (χ4v) is 15.4. The van der Waals surface area contributed by atoms with Gasteiger partial charge in [0, 0.05) is 54.2 Å². The van der Waals surface area contributed by atoms with Gasteiger partial charge in [-0.3, -0.25) is 62.3 Å². The first kappa shape index (κ1) is 98.7. The van der Waals surface area contributed by atoms with Crippen molar-refractivity contribution in [2.75, 3.05) is 26.2 Å².